The molecule has 0 aliphatic carbocycles. The molecule has 1 aromatic carbocycles. The van der Waals surface area contributed by atoms with E-state index in [-0.39, 0.29) is 0 Å². The molecule has 0 saturated heterocycles. The fraction of sp³-hybridized carbons (Fsp3) is 0.182. The van der Waals surface area contributed by atoms with Gasteiger partial charge in [-0.2, -0.15) is 0 Å². The highest BCUT2D eigenvalue weighted by molar-refractivity contribution is 5.86. The summed E-state index contributed by atoms with van der Waals surface area (Å²) >= 11 is 0. The lowest BCUT2D eigenvalue weighted by molar-refractivity contribution is -0.113. The normalized spacial score (nSPS) is 11.1. The molecule has 0 aliphatic heterocycles. The molecule has 1 amide bonds. The van der Waals surface area contributed by atoms with Crippen LogP contribution in [0, 0.1) is 0 Å². The summed E-state index contributed by atoms with van der Waals surface area (Å²) < 4.78 is 0. The number of primary amides is 1. The Kier molecular flexibility index (Phi) is 3.73. The molecule has 0 aliphatic rings. The third-order valence-corrected chi connectivity index (χ3v) is 1.77. The van der Waals surface area contributed by atoms with Gasteiger partial charge in [-0.25, -0.2) is 0 Å². The van der Waals surface area contributed by atoms with E-state index in [0.717, 1.165) is 5.70 Å². The summed E-state index contributed by atoms with van der Waals surface area (Å²) in [5, 5.41) is 3.09. The molecule has 1 aromatic rings. The van der Waals surface area contributed by atoms with Gasteiger partial charge in [-0.3, -0.25) is 4.79 Å². The fourth-order valence-electron chi connectivity index (χ4n) is 1.10. The molecule has 3 heteroatoms. The maximum absolute atomic E-state index is 10.5. The molecular weight excluding hydrogens is 176 g/mol. The third kappa shape index (κ3) is 3.76. The van der Waals surface area contributed by atoms with E-state index in [1.165, 1.54) is 11.6 Å². The van der Waals surface area contributed by atoms with Crippen molar-refractivity contribution >= 4 is 5.91 Å². The van der Waals surface area contributed by atoms with E-state index >= 15 is 0 Å². The molecule has 0 unspecified atom stereocenters. The van der Waals surface area contributed by atoms with Crippen molar-refractivity contribution in [3.8, 4) is 0 Å². The van der Waals surface area contributed by atoms with Crippen molar-refractivity contribution in [3.05, 3.63) is 47.7 Å². The van der Waals surface area contributed by atoms with Gasteiger partial charge in [0.2, 0.25) is 5.91 Å². The van der Waals surface area contributed by atoms with Crippen LogP contribution in [0.3, 0.4) is 0 Å². The molecule has 0 atom stereocenters. The minimum Gasteiger partial charge on any atom is -0.384 e. The predicted molar refractivity (Wildman–Crippen MR) is 56.2 cm³/mol. The van der Waals surface area contributed by atoms with Crippen molar-refractivity contribution in [2.24, 2.45) is 5.73 Å². The molecule has 1 rings (SSSR count). The minimum absolute atomic E-state index is 0.428. The highest BCUT2D eigenvalue weighted by Gasteiger charge is 1.92. The summed E-state index contributed by atoms with van der Waals surface area (Å²) in [4.78, 5) is 10.5. The van der Waals surface area contributed by atoms with Gasteiger partial charge in [0.15, 0.2) is 0 Å². The Morgan fingerprint density at radius 2 is 2.07 bits per heavy atom. The number of carbonyl (C=O) groups excluding carboxylic acids is 1. The largest absolute Gasteiger partial charge is 0.384 e. The maximum atomic E-state index is 10.5. The van der Waals surface area contributed by atoms with Crippen LogP contribution in [0.25, 0.3) is 0 Å². The zero-order chi connectivity index (χ0) is 10.4. The Bertz CT molecular complexity index is 330. The van der Waals surface area contributed by atoms with Gasteiger partial charge in [0.05, 0.1) is 0 Å². The standard InChI is InChI=1S/C11H14N2O/c1-9(7-11(12)14)13-8-10-5-3-2-4-6-10/h2-7,13H,8H2,1H3,(H2,12,14). The second-order valence-electron chi connectivity index (χ2n) is 3.07. The summed E-state index contributed by atoms with van der Waals surface area (Å²) in [6, 6.07) is 9.96. The van der Waals surface area contributed by atoms with E-state index in [9.17, 15) is 4.79 Å². The second-order valence-corrected chi connectivity index (χ2v) is 3.07. The molecule has 0 bridgehead atoms. The number of nitrogens with one attached hydrogen (secondary N) is 1. The first-order valence-electron chi connectivity index (χ1n) is 4.44. The van der Waals surface area contributed by atoms with Gasteiger partial charge < -0.3 is 11.1 Å². The quantitative estimate of drug-likeness (QED) is 0.700. The number of carbonyl (C=O) groups is 1. The van der Waals surface area contributed by atoms with Crippen LogP contribution in [-0.4, -0.2) is 5.91 Å². The number of benzene rings is 1. The molecular formula is C11H14N2O. The molecule has 3 N–H and O–H groups in total. The van der Waals surface area contributed by atoms with Crippen molar-refractivity contribution in [1.82, 2.24) is 5.32 Å². The SMILES string of the molecule is CC(=CC(N)=O)NCc1ccccc1. The van der Waals surface area contributed by atoms with E-state index in [0.29, 0.717) is 6.54 Å². The van der Waals surface area contributed by atoms with Gasteiger partial charge in [0, 0.05) is 18.3 Å². The average Bonchev–Trinajstić information content (AvgIpc) is 2.15. The van der Waals surface area contributed by atoms with E-state index in [2.05, 4.69) is 5.32 Å². The van der Waals surface area contributed by atoms with Crippen molar-refractivity contribution in [1.29, 1.82) is 0 Å². The molecule has 0 spiro atoms. The molecule has 0 aromatic heterocycles. The van der Waals surface area contributed by atoms with Gasteiger partial charge in [-0.15, -0.1) is 0 Å². The van der Waals surface area contributed by atoms with Crippen LogP contribution in [-0.2, 0) is 11.3 Å². The summed E-state index contributed by atoms with van der Waals surface area (Å²) in [5.41, 5.74) is 6.96. The summed E-state index contributed by atoms with van der Waals surface area (Å²) in [6.07, 6.45) is 1.38. The number of hydrogen-bond donors (Lipinski definition) is 2. The average molecular weight is 190 g/mol. The molecule has 0 saturated carbocycles. The van der Waals surface area contributed by atoms with Crippen molar-refractivity contribution < 1.29 is 4.79 Å². The monoisotopic (exact) mass is 190 g/mol. The Labute approximate surface area is 83.6 Å². The number of amides is 1. The Balaban J connectivity index is 2.45. The number of allylic oxidation sites excluding steroid dienone is 1. The first-order chi connectivity index (χ1) is 6.68. The molecule has 74 valence electrons. The van der Waals surface area contributed by atoms with Crippen LogP contribution in [0.1, 0.15) is 12.5 Å². The van der Waals surface area contributed by atoms with Crippen LogP contribution in [0.15, 0.2) is 42.1 Å². The summed E-state index contributed by atoms with van der Waals surface area (Å²) in [6.45, 7) is 2.52. The van der Waals surface area contributed by atoms with Crippen LogP contribution >= 0.6 is 0 Å². The highest BCUT2D eigenvalue weighted by Crippen LogP contribution is 1.98. The molecule has 0 radical (unpaired) electrons. The number of nitrogens with two attached hydrogens (primary N) is 1. The third-order valence-electron chi connectivity index (χ3n) is 1.77. The number of hydrogen-bond acceptors (Lipinski definition) is 2. The molecule has 3 nitrogen and oxygen atoms in total. The van der Waals surface area contributed by atoms with Crippen LogP contribution in [0.2, 0.25) is 0 Å². The lowest BCUT2D eigenvalue weighted by atomic mass is 10.2. The smallest absolute Gasteiger partial charge is 0.243 e. The highest BCUT2D eigenvalue weighted by atomic mass is 16.1. The Morgan fingerprint density at radius 1 is 1.43 bits per heavy atom. The topological polar surface area (TPSA) is 55.1 Å². The lowest BCUT2D eigenvalue weighted by Gasteiger charge is -2.05. The second kappa shape index (κ2) is 5.07. The minimum atomic E-state index is -0.428. The first-order valence-corrected chi connectivity index (χ1v) is 4.44. The number of rotatable bonds is 4. The zero-order valence-corrected chi connectivity index (χ0v) is 8.16. The van der Waals surface area contributed by atoms with E-state index < -0.39 is 5.91 Å². The molecule has 0 fully saturated rings. The van der Waals surface area contributed by atoms with Crippen LogP contribution < -0.4 is 11.1 Å². The van der Waals surface area contributed by atoms with Crippen molar-refractivity contribution in [3.63, 3.8) is 0 Å². The summed E-state index contributed by atoms with van der Waals surface area (Å²) in [5.74, 6) is -0.428. The molecule has 0 heterocycles. The van der Waals surface area contributed by atoms with E-state index in [1.54, 1.807) is 0 Å². The Morgan fingerprint density at radius 3 is 2.64 bits per heavy atom. The predicted octanol–water partition coefficient (Wildman–Crippen LogP) is 1.17. The van der Waals surface area contributed by atoms with Gasteiger partial charge in [-0.1, -0.05) is 30.3 Å². The van der Waals surface area contributed by atoms with Gasteiger partial charge in [-0.05, 0) is 12.5 Å². The van der Waals surface area contributed by atoms with Crippen LogP contribution in [0.5, 0.6) is 0 Å². The van der Waals surface area contributed by atoms with E-state index in [4.69, 9.17) is 5.73 Å². The lowest BCUT2D eigenvalue weighted by Crippen LogP contribution is -2.14. The van der Waals surface area contributed by atoms with Gasteiger partial charge in [0.25, 0.3) is 0 Å². The Hall–Kier alpha value is -1.77. The fourth-order valence-corrected chi connectivity index (χ4v) is 1.10. The van der Waals surface area contributed by atoms with Crippen molar-refractivity contribution in [2.75, 3.05) is 0 Å². The van der Waals surface area contributed by atoms with Gasteiger partial charge in [0.1, 0.15) is 0 Å². The van der Waals surface area contributed by atoms with E-state index in [1.807, 2.05) is 37.3 Å². The van der Waals surface area contributed by atoms with Crippen molar-refractivity contribution in [2.45, 2.75) is 13.5 Å². The summed E-state index contributed by atoms with van der Waals surface area (Å²) in [7, 11) is 0. The molecule has 14 heavy (non-hydrogen) atoms. The van der Waals surface area contributed by atoms with Crippen LogP contribution in [0.4, 0.5) is 0 Å². The first kappa shape index (κ1) is 10.3. The maximum Gasteiger partial charge on any atom is 0.243 e. The van der Waals surface area contributed by atoms with Gasteiger partial charge >= 0.3 is 0 Å². The zero-order valence-electron chi connectivity index (χ0n) is 8.16.